The first-order valence-electron chi connectivity index (χ1n) is 7.09. The van der Waals surface area contributed by atoms with Gasteiger partial charge in [-0.15, -0.1) is 11.3 Å². The van der Waals surface area contributed by atoms with E-state index in [1.54, 1.807) is 24.3 Å². The maximum Gasteiger partial charge on any atom is 0.276 e. The van der Waals surface area contributed by atoms with Gasteiger partial charge in [-0.1, -0.05) is 23.2 Å². The van der Waals surface area contributed by atoms with Gasteiger partial charge in [0.25, 0.3) is 5.91 Å². The van der Waals surface area contributed by atoms with Crippen molar-refractivity contribution in [2.24, 2.45) is 0 Å². The van der Waals surface area contributed by atoms with Gasteiger partial charge in [-0.2, -0.15) is 0 Å². The predicted octanol–water partition coefficient (Wildman–Crippen LogP) is 5.38. The summed E-state index contributed by atoms with van der Waals surface area (Å²) in [5, 5.41) is 6.26. The molecule has 1 amide bonds. The molecule has 1 aromatic carbocycles. The number of pyridine rings is 1. The molecule has 122 valence electrons. The van der Waals surface area contributed by atoms with Gasteiger partial charge in [0, 0.05) is 21.1 Å². The molecule has 0 atom stereocenters. The van der Waals surface area contributed by atoms with E-state index in [0.717, 1.165) is 22.5 Å². The van der Waals surface area contributed by atoms with Crippen molar-refractivity contribution in [2.45, 2.75) is 13.8 Å². The molecule has 0 radical (unpaired) electrons. The summed E-state index contributed by atoms with van der Waals surface area (Å²) in [7, 11) is 0. The second-order valence-electron chi connectivity index (χ2n) is 5.29. The maximum atomic E-state index is 12.4. The van der Waals surface area contributed by atoms with Gasteiger partial charge in [-0.05, 0) is 55.3 Å². The molecule has 0 saturated heterocycles. The summed E-state index contributed by atoms with van der Waals surface area (Å²) in [4.78, 5) is 21.0. The van der Waals surface area contributed by atoms with E-state index in [0.29, 0.717) is 20.9 Å². The van der Waals surface area contributed by atoms with Crippen LogP contribution in [0.2, 0.25) is 10.0 Å². The number of nitrogens with zero attached hydrogens (tertiary/aromatic N) is 2. The number of benzene rings is 1. The first kappa shape index (κ1) is 16.9. The zero-order chi connectivity index (χ0) is 17.3. The molecular formula is C17H13Cl2N3OS. The molecular weight excluding hydrogens is 365 g/mol. The molecule has 0 unspecified atom stereocenters. The molecule has 0 aliphatic heterocycles. The molecule has 3 rings (SSSR count). The quantitative estimate of drug-likeness (QED) is 0.666. The minimum absolute atomic E-state index is 0.303. The van der Waals surface area contributed by atoms with Gasteiger partial charge in [-0.3, -0.25) is 10.1 Å². The van der Waals surface area contributed by atoms with Crippen molar-refractivity contribution in [1.82, 2.24) is 9.97 Å². The molecule has 0 aliphatic carbocycles. The Morgan fingerprint density at radius 3 is 2.25 bits per heavy atom. The Morgan fingerprint density at radius 1 is 0.958 bits per heavy atom. The molecule has 0 spiro atoms. The molecule has 7 heteroatoms. The number of carbonyl (C=O) groups is 1. The summed E-state index contributed by atoms with van der Waals surface area (Å²) in [6.07, 6.45) is 0. The Bertz CT molecular complexity index is 904. The van der Waals surface area contributed by atoms with Gasteiger partial charge in [0.15, 0.2) is 5.13 Å². The molecule has 2 heterocycles. The third kappa shape index (κ3) is 3.93. The van der Waals surface area contributed by atoms with Crippen molar-refractivity contribution < 1.29 is 4.79 Å². The summed E-state index contributed by atoms with van der Waals surface area (Å²) < 4.78 is 0. The largest absolute Gasteiger partial charge is 0.296 e. The summed E-state index contributed by atoms with van der Waals surface area (Å²) in [6.45, 7) is 3.71. The van der Waals surface area contributed by atoms with Gasteiger partial charge >= 0.3 is 0 Å². The molecule has 0 aliphatic rings. The number of nitrogens with one attached hydrogen (secondary N) is 1. The van der Waals surface area contributed by atoms with Crippen LogP contribution < -0.4 is 5.32 Å². The van der Waals surface area contributed by atoms with Crippen LogP contribution in [-0.4, -0.2) is 15.9 Å². The standard InChI is InChI=1S/C17H13Cl2N3OS/c1-9-3-11(12-4-13(18)7-14(19)5-12)6-15(20-9)16(23)22-17-21-10(2)8-24-17/h3-8H,1-2H3,(H,21,22,23). The van der Waals surface area contributed by atoms with Crippen molar-refractivity contribution in [3.05, 3.63) is 62.8 Å². The van der Waals surface area contributed by atoms with Crippen LogP contribution in [0.25, 0.3) is 11.1 Å². The molecule has 0 bridgehead atoms. The van der Waals surface area contributed by atoms with Gasteiger partial charge in [0.1, 0.15) is 5.69 Å². The number of aromatic nitrogens is 2. The van der Waals surface area contributed by atoms with Crippen LogP contribution >= 0.6 is 34.5 Å². The van der Waals surface area contributed by atoms with E-state index in [9.17, 15) is 4.79 Å². The highest BCUT2D eigenvalue weighted by molar-refractivity contribution is 7.13. The SMILES string of the molecule is Cc1cc(-c2cc(Cl)cc(Cl)c2)cc(C(=O)Nc2nc(C)cs2)n1. The number of halogens is 2. The Kier molecular flexibility index (Phi) is 4.85. The van der Waals surface area contributed by atoms with E-state index in [2.05, 4.69) is 15.3 Å². The number of thiazole rings is 1. The highest BCUT2D eigenvalue weighted by Gasteiger charge is 2.13. The summed E-state index contributed by atoms with van der Waals surface area (Å²) in [6, 6.07) is 8.86. The van der Waals surface area contributed by atoms with Crippen molar-refractivity contribution in [3.8, 4) is 11.1 Å². The lowest BCUT2D eigenvalue weighted by Gasteiger charge is -2.08. The molecule has 1 N–H and O–H groups in total. The number of hydrogen-bond donors (Lipinski definition) is 1. The fraction of sp³-hybridized carbons (Fsp3) is 0.118. The zero-order valence-corrected chi connectivity index (χ0v) is 15.3. The van der Waals surface area contributed by atoms with Crippen LogP contribution in [0.15, 0.2) is 35.7 Å². The Balaban J connectivity index is 1.95. The molecule has 4 nitrogen and oxygen atoms in total. The van der Waals surface area contributed by atoms with E-state index >= 15 is 0 Å². The summed E-state index contributed by atoms with van der Waals surface area (Å²) >= 11 is 13.5. The average Bonchev–Trinajstić information content (AvgIpc) is 2.90. The summed E-state index contributed by atoms with van der Waals surface area (Å²) in [5.74, 6) is -0.303. The van der Waals surface area contributed by atoms with E-state index in [1.165, 1.54) is 11.3 Å². The van der Waals surface area contributed by atoms with Crippen LogP contribution in [0.4, 0.5) is 5.13 Å². The van der Waals surface area contributed by atoms with Crippen LogP contribution in [-0.2, 0) is 0 Å². The highest BCUT2D eigenvalue weighted by Crippen LogP contribution is 2.28. The molecule has 24 heavy (non-hydrogen) atoms. The predicted molar refractivity (Wildman–Crippen MR) is 99.2 cm³/mol. The molecule has 0 fully saturated rings. The number of aryl methyl sites for hydroxylation is 2. The number of hydrogen-bond acceptors (Lipinski definition) is 4. The van der Waals surface area contributed by atoms with Gasteiger partial charge < -0.3 is 0 Å². The third-order valence-electron chi connectivity index (χ3n) is 3.22. The number of anilines is 1. The van der Waals surface area contributed by atoms with Crippen LogP contribution in [0.5, 0.6) is 0 Å². The minimum Gasteiger partial charge on any atom is -0.296 e. The summed E-state index contributed by atoms with van der Waals surface area (Å²) in [5.41, 5.74) is 3.56. The molecule has 2 aromatic heterocycles. The van der Waals surface area contributed by atoms with Gasteiger partial charge in [-0.25, -0.2) is 9.97 Å². The first-order chi connectivity index (χ1) is 11.4. The zero-order valence-electron chi connectivity index (χ0n) is 12.9. The smallest absolute Gasteiger partial charge is 0.276 e. The topological polar surface area (TPSA) is 54.9 Å². The van der Waals surface area contributed by atoms with Crippen LogP contribution in [0.3, 0.4) is 0 Å². The van der Waals surface area contributed by atoms with E-state index in [-0.39, 0.29) is 5.91 Å². The minimum atomic E-state index is -0.303. The fourth-order valence-corrected chi connectivity index (χ4v) is 3.45. The second-order valence-corrected chi connectivity index (χ2v) is 7.02. The Labute approximate surface area is 153 Å². The van der Waals surface area contributed by atoms with Gasteiger partial charge in [0.2, 0.25) is 0 Å². The fourth-order valence-electron chi connectivity index (χ4n) is 2.24. The maximum absolute atomic E-state index is 12.4. The van der Waals surface area contributed by atoms with Crippen molar-refractivity contribution in [2.75, 3.05) is 5.32 Å². The number of rotatable bonds is 3. The average molecular weight is 378 g/mol. The van der Waals surface area contributed by atoms with Gasteiger partial charge in [0.05, 0.1) is 5.69 Å². The monoisotopic (exact) mass is 377 g/mol. The van der Waals surface area contributed by atoms with Crippen molar-refractivity contribution in [1.29, 1.82) is 0 Å². The van der Waals surface area contributed by atoms with E-state index in [4.69, 9.17) is 23.2 Å². The lowest BCUT2D eigenvalue weighted by atomic mass is 10.0. The van der Waals surface area contributed by atoms with Crippen molar-refractivity contribution in [3.63, 3.8) is 0 Å². The first-order valence-corrected chi connectivity index (χ1v) is 8.73. The second kappa shape index (κ2) is 6.89. The van der Waals surface area contributed by atoms with Crippen LogP contribution in [0, 0.1) is 13.8 Å². The number of carbonyl (C=O) groups excluding carboxylic acids is 1. The van der Waals surface area contributed by atoms with E-state index < -0.39 is 0 Å². The lowest BCUT2D eigenvalue weighted by molar-refractivity contribution is 0.102. The molecule has 3 aromatic rings. The van der Waals surface area contributed by atoms with E-state index in [1.807, 2.05) is 25.3 Å². The molecule has 0 saturated carbocycles. The Morgan fingerprint density at radius 2 is 1.62 bits per heavy atom. The van der Waals surface area contributed by atoms with Crippen LogP contribution in [0.1, 0.15) is 21.9 Å². The lowest BCUT2D eigenvalue weighted by Crippen LogP contribution is -2.14. The number of amides is 1. The Hall–Kier alpha value is -1.95. The van der Waals surface area contributed by atoms with Crippen molar-refractivity contribution >= 4 is 45.6 Å². The normalized spacial score (nSPS) is 10.7. The highest BCUT2D eigenvalue weighted by atomic mass is 35.5. The third-order valence-corrected chi connectivity index (χ3v) is 4.53.